The van der Waals surface area contributed by atoms with Gasteiger partial charge in [-0.15, -0.1) is 0 Å². The molecule has 132 valence electrons. The summed E-state index contributed by atoms with van der Waals surface area (Å²) in [5.74, 6) is 0.834. The second kappa shape index (κ2) is 7.65. The molecule has 0 bridgehead atoms. The number of nitrogens with one attached hydrogen (secondary N) is 2. The van der Waals surface area contributed by atoms with Crippen molar-refractivity contribution in [3.05, 3.63) is 71.5 Å². The summed E-state index contributed by atoms with van der Waals surface area (Å²) < 4.78 is 5.33. The zero-order valence-corrected chi connectivity index (χ0v) is 14.9. The van der Waals surface area contributed by atoms with E-state index < -0.39 is 0 Å². The van der Waals surface area contributed by atoms with Crippen LogP contribution < -0.4 is 15.4 Å². The summed E-state index contributed by atoms with van der Waals surface area (Å²) in [6.45, 7) is 3.93. The number of aryl methyl sites for hydroxylation is 2. The maximum Gasteiger partial charge on any atom is 0.258 e. The molecule has 26 heavy (non-hydrogen) atoms. The second-order valence-electron chi connectivity index (χ2n) is 5.89. The smallest absolute Gasteiger partial charge is 0.258 e. The molecule has 0 aliphatic carbocycles. The number of ether oxygens (including phenoxy) is 1. The zero-order valence-electron chi connectivity index (χ0n) is 14.9. The van der Waals surface area contributed by atoms with Gasteiger partial charge in [-0.25, -0.2) is 9.97 Å². The summed E-state index contributed by atoms with van der Waals surface area (Å²) >= 11 is 0. The van der Waals surface area contributed by atoms with Gasteiger partial charge in [0.25, 0.3) is 5.91 Å². The van der Waals surface area contributed by atoms with E-state index in [-0.39, 0.29) is 5.91 Å². The number of benzene rings is 2. The van der Waals surface area contributed by atoms with E-state index in [0.717, 1.165) is 22.5 Å². The fraction of sp³-hybridized carbons (Fsp3) is 0.150. The molecule has 0 atom stereocenters. The average molecular weight is 348 g/mol. The molecule has 0 radical (unpaired) electrons. The Balaban J connectivity index is 1.73. The molecule has 0 unspecified atom stereocenters. The van der Waals surface area contributed by atoms with Crippen molar-refractivity contribution >= 4 is 23.2 Å². The maximum atomic E-state index is 12.3. The highest BCUT2D eigenvalue weighted by molar-refractivity contribution is 6.04. The molecule has 0 saturated heterocycles. The van der Waals surface area contributed by atoms with Crippen LogP contribution in [0.2, 0.25) is 0 Å². The van der Waals surface area contributed by atoms with E-state index in [9.17, 15) is 4.79 Å². The number of carbonyl (C=O) groups excluding carboxylic acids is 1. The summed E-state index contributed by atoms with van der Waals surface area (Å²) in [5.41, 5.74) is 4.00. The lowest BCUT2D eigenvalue weighted by atomic mass is 10.2. The lowest BCUT2D eigenvalue weighted by Crippen LogP contribution is -2.13. The van der Waals surface area contributed by atoms with Gasteiger partial charge in [-0.05, 0) is 43.2 Å². The van der Waals surface area contributed by atoms with E-state index >= 15 is 0 Å². The highest BCUT2D eigenvalue weighted by atomic mass is 16.5. The van der Waals surface area contributed by atoms with Gasteiger partial charge < -0.3 is 15.4 Å². The molecule has 1 amide bonds. The first-order valence-electron chi connectivity index (χ1n) is 8.17. The fourth-order valence-electron chi connectivity index (χ4n) is 2.46. The van der Waals surface area contributed by atoms with Gasteiger partial charge in [0, 0.05) is 18.1 Å². The first-order valence-corrected chi connectivity index (χ1v) is 8.17. The standard InChI is InChI=1S/C20H20N4O2/c1-13-8-9-18(26-3)17(10-13)24-20-21-11-15(12-22-20)19(25)23-16-7-5-4-6-14(16)2/h4-12H,1-3H3,(H,23,25)(H,21,22,24). The molecule has 0 saturated carbocycles. The Morgan fingerprint density at radius 2 is 1.73 bits per heavy atom. The van der Waals surface area contributed by atoms with E-state index in [1.165, 1.54) is 12.4 Å². The van der Waals surface area contributed by atoms with Gasteiger partial charge in [0.15, 0.2) is 0 Å². The van der Waals surface area contributed by atoms with Gasteiger partial charge in [-0.3, -0.25) is 4.79 Å². The summed E-state index contributed by atoms with van der Waals surface area (Å²) in [6.07, 6.45) is 2.98. The Kier molecular flexibility index (Phi) is 5.12. The third-order valence-corrected chi connectivity index (χ3v) is 3.91. The number of hydrogen-bond acceptors (Lipinski definition) is 5. The second-order valence-corrected chi connectivity index (χ2v) is 5.89. The van der Waals surface area contributed by atoms with E-state index in [0.29, 0.717) is 17.3 Å². The molecule has 2 N–H and O–H groups in total. The van der Waals surface area contributed by atoms with Crippen LogP contribution in [0.5, 0.6) is 5.75 Å². The Morgan fingerprint density at radius 1 is 1.00 bits per heavy atom. The van der Waals surface area contributed by atoms with Crippen LogP contribution in [0.4, 0.5) is 17.3 Å². The lowest BCUT2D eigenvalue weighted by molar-refractivity contribution is 0.102. The van der Waals surface area contributed by atoms with Crippen LogP contribution in [-0.2, 0) is 0 Å². The van der Waals surface area contributed by atoms with Crippen LogP contribution in [0.15, 0.2) is 54.9 Å². The number of nitrogens with zero attached hydrogens (tertiary/aromatic N) is 2. The third kappa shape index (κ3) is 3.97. The lowest BCUT2D eigenvalue weighted by Gasteiger charge is -2.11. The molecule has 0 aliphatic heterocycles. The molecule has 6 nitrogen and oxygen atoms in total. The molecule has 0 fully saturated rings. The number of aromatic nitrogens is 2. The zero-order chi connectivity index (χ0) is 18.5. The van der Waals surface area contributed by atoms with Crippen LogP contribution in [0.25, 0.3) is 0 Å². The maximum absolute atomic E-state index is 12.3. The molecule has 1 aromatic heterocycles. The van der Waals surface area contributed by atoms with E-state index in [1.54, 1.807) is 7.11 Å². The van der Waals surface area contributed by atoms with Crippen molar-refractivity contribution in [1.82, 2.24) is 9.97 Å². The summed E-state index contributed by atoms with van der Waals surface area (Å²) in [4.78, 5) is 20.8. The van der Waals surface area contributed by atoms with Gasteiger partial charge in [0.05, 0.1) is 18.4 Å². The summed E-state index contributed by atoms with van der Waals surface area (Å²) in [6, 6.07) is 13.4. The largest absolute Gasteiger partial charge is 0.495 e. The highest BCUT2D eigenvalue weighted by Crippen LogP contribution is 2.27. The van der Waals surface area contributed by atoms with Crippen molar-refractivity contribution in [2.24, 2.45) is 0 Å². The van der Waals surface area contributed by atoms with Crippen molar-refractivity contribution < 1.29 is 9.53 Å². The van der Waals surface area contributed by atoms with Crippen LogP contribution in [0.1, 0.15) is 21.5 Å². The first-order chi connectivity index (χ1) is 12.6. The van der Waals surface area contributed by atoms with Crippen molar-refractivity contribution in [2.45, 2.75) is 13.8 Å². The molecule has 6 heteroatoms. The van der Waals surface area contributed by atoms with Crippen LogP contribution in [0, 0.1) is 13.8 Å². The number of para-hydroxylation sites is 1. The van der Waals surface area contributed by atoms with E-state index in [2.05, 4.69) is 20.6 Å². The highest BCUT2D eigenvalue weighted by Gasteiger charge is 2.10. The normalized spacial score (nSPS) is 10.3. The predicted molar refractivity (Wildman–Crippen MR) is 102 cm³/mol. The molecular formula is C20H20N4O2. The van der Waals surface area contributed by atoms with Gasteiger partial charge in [0.1, 0.15) is 5.75 Å². The van der Waals surface area contributed by atoms with Gasteiger partial charge in [-0.1, -0.05) is 24.3 Å². The van der Waals surface area contributed by atoms with Crippen molar-refractivity contribution in [1.29, 1.82) is 0 Å². The topological polar surface area (TPSA) is 76.1 Å². The first kappa shape index (κ1) is 17.4. The Hall–Kier alpha value is -3.41. The van der Waals surface area contributed by atoms with Crippen LogP contribution in [-0.4, -0.2) is 23.0 Å². The molecule has 3 rings (SSSR count). The van der Waals surface area contributed by atoms with Gasteiger partial charge in [-0.2, -0.15) is 0 Å². The van der Waals surface area contributed by atoms with Gasteiger partial charge in [0.2, 0.25) is 5.95 Å². The van der Waals surface area contributed by atoms with Crippen molar-refractivity contribution in [3.63, 3.8) is 0 Å². The predicted octanol–water partition coefficient (Wildman–Crippen LogP) is 4.10. The summed E-state index contributed by atoms with van der Waals surface area (Å²) in [7, 11) is 1.61. The molecule has 1 heterocycles. The minimum Gasteiger partial charge on any atom is -0.495 e. The molecule has 0 spiro atoms. The molecular weight excluding hydrogens is 328 g/mol. The molecule has 2 aromatic carbocycles. The minimum atomic E-state index is -0.251. The number of amides is 1. The van der Waals surface area contributed by atoms with E-state index in [4.69, 9.17) is 4.74 Å². The summed E-state index contributed by atoms with van der Waals surface area (Å²) in [5, 5.41) is 5.97. The number of methoxy groups -OCH3 is 1. The molecule has 0 aliphatic rings. The molecule has 3 aromatic rings. The van der Waals surface area contributed by atoms with Crippen LogP contribution >= 0.6 is 0 Å². The fourth-order valence-corrected chi connectivity index (χ4v) is 2.46. The minimum absolute atomic E-state index is 0.251. The monoisotopic (exact) mass is 348 g/mol. The van der Waals surface area contributed by atoms with E-state index in [1.807, 2.05) is 56.3 Å². The average Bonchev–Trinajstić information content (AvgIpc) is 2.64. The number of carbonyl (C=O) groups is 1. The Bertz CT molecular complexity index is 923. The van der Waals surface area contributed by atoms with Crippen molar-refractivity contribution in [3.8, 4) is 5.75 Å². The number of anilines is 3. The Morgan fingerprint density at radius 3 is 2.42 bits per heavy atom. The SMILES string of the molecule is COc1ccc(C)cc1Nc1ncc(C(=O)Nc2ccccc2C)cn1. The number of rotatable bonds is 5. The third-order valence-electron chi connectivity index (χ3n) is 3.91. The van der Waals surface area contributed by atoms with Crippen LogP contribution in [0.3, 0.4) is 0 Å². The van der Waals surface area contributed by atoms with Gasteiger partial charge >= 0.3 is 0 Å². The van der Waals surface area contributed by atoms with Crippen molar-refractivity contribution in [2.75, 3.05) is 17.7 Å². The number of hydrogen-bond donors (Lipinski definition) is 2. The quantitative estimate of drug-likeness (QED) is 0.726. The Labute approximate surface area is 152 Å².